The van der Waals surface area contributed by atoms with E-state index in [1.165, 1.54) is 0 Å². The summed E-state index contributed by atoms with van der Waals surface area (Å²) in [6, 6.07) is 8.80. The van der Waals surface area contributed by atoms with Crippen molar-refractivity contribution in [1.29, 1.82) is 0 Å². The van der Waals surface area contributed by atoms with Crippen LogP contribution < -0.4 is 0 Å². The fourth-order valence-corrected chi connectivity index (χ4v) is 5.36. The maximum absolute atomic E-state index is 12.7. The van der Waals surface area contributed by atoms with Crippen LogP contribution in [0.5, 0.6) is 0 Å². The zero-order valence-corrected chi connectivity index (χ0v) is 11.1. The minimum absolute atomic E-state index is 0.159. The highest BCUT2D eigenvalue weighted by atomic mass is 32.2. The predicted molar refractivity (Wildman–Crippen MR) is 71.9 cm³/mol. The molecular formula is C15H16O2S. The van der Waals surface area contributed by atoms with Crippen LogP contribution in [-0.2, 0) is 9.84 Å². The van der Waals surface area contributed by atoms with Gasteiger partial charge in [0, 0.05) is 0 Å². The molecule has 3 unspecified atom stereocenters. The van der Waals surface area contributed by atoms with Crippen LogP contribution >= 0.6 is 0 Å². The van der Waals surface area contributed by atoms with E-state index >= 15 is 0 Å². The van der Waals surface area contributed by atoms with Crippen LogP contribution in [-0.4, -0.2) is 13.7 Å². The second-order valence-corrected chi connectivity index (χ2v) is 7.03. The minimum atomic E-state index is -3.25. The van der Waals surface area contributed by atoms with E-state index in [0.717, 1.165) is 12.0 Å². The molecule has 94 valence electrons. The summed E-state index contributed by atoms with van der Waals surface area (Å²) < 4.78 is 25.4. The first-order valence-electron chi connectivity index (χ1n) is 6.28. The second-order valence-electron chi connectivity index (χ2n) is 4.96. The Morgan fingerprint density at radius 1 is 1.17 bits per heavy atom. The van der Waals surface area contributed by atoms with Gasteiger partial charge in [-0.25, -0.2) is 8.42 Å². The van der Waals surface area contributed by atoms with Gasteiger partial charge in [0.2, 0.25) is 0 Å². The summed E-state index contributed by atoms with van der Waals surface area (Å²) in [5.41, 5.74) is 1.08. The lowest BCUT2D eigenvalue weighted by Crippen LogP contribution is -2.27. The van der Waals surface area contributed by atoms with Gasteiger partial charge in [-0.05, 0) is 42.9 Å². The number of benzene rings is 1. The van der Waals surface area contributed by atoms with Crippen LogP contribution in [0.4, 0.5) is 0 Å². The van der Waals surface area contributed by atoms with Crippen LogP contribution in [0.1, 0.15) is 13.3 Å². The second kappa shape index (κ2) is 4.09. The molecule has 0 spiro atoms. The van der Waals surface area contributed by atoms with Crippen LogP contribution in [0.2, 0.25) is 0 Å². The molecule has 2 aliphatic carbocycles. The molecule has 18 heavy (non-hydrogen) atoms. The molecule has 3 heteroatoms. The number of fused-ring (bicyclic) bond motifs is 2. The molecule has 0 saturated heterocycles. The summed E-state index contributed by atoms with van der Waals surface area (Å²) in [5.74, 6) is 0.495. The molecule has 0 aromatic heterocycles. The number of sulfone groups is 1. The third kappa shape index (κ3) is 1.57. The number of rotatable bonds is 2. The smallest absolute Gasteiger partial charge is 0.185 e. The maximum Gasteiger partial charge on any atom is 0.185 e. The zero-order chi connectivity index (χ0) is 12.8. The molecular weight excluding hydrogens is 244 g/mol. The molecule has 2 aliphatic rings. The largest absolute Gasteiger partial charge is 0.223 e. The summed E-state index contributed by atoms with van der Waals surface area (Å²) in [7, 11) is -3.25. The highest BCUT2D eigenvalue weighted by Gasteiger charge is 2.47. The number of allylic oxidation sites excluding steroid dienone is 3. The molecule has 2 bridgehead atoms. The van der Waals surface area contributed by atoms with Gasteiger partial charge >= 0.3 is 0 Å². The van der Waals surface area contributed by atoms with E-state index in [9.17, 15) is 8.42 Å². The standard InChI is InChI=1S/C15H16O2S/c1-2-14-11-8-9-12(10-11)15(14)18(16,17)13-6-4-3-5-7-13/h2-9,11-12,15H,10H2,1H3/b14-2+. The van der Waals surface area contributed by atoms with Crippen molar-refractivity contribution in [3.8, 4) is 0 Å². The van der Waals surface area contributed by atoms with E-state index in [2.05, 4.69) is 12.2 Å². The van der Waals surface area contributed by atoms with Gasteiger partial charge in [-0.1, -0.05) is 36.4 Å². The highest BCUT2D eigenvalue weighted by Crippen LogP contribution is 2.47. The van der Waals surface area contributed by atoms with Crippen molar-refractivity contribution in [1.82, 2.24) is 0 Å². The lowest BCUT2D eigenvalue weighted by molar-refractivity contribution is 0.573. The maximum atomic E-state index is 12.7. The van der Waals surface area contributed by atoms with Crippen LogP contribution in [0.25, 0.3) is 0 Å². The van der Waals surface area contributed by atoms with Crippen LogP contribution in [0.15, 0.2) is 59.0 Å². The van der Waals surface area contributed by atoms with Crippen molar-refractivity contribution in [3.63, 3.8) is 0 Å². The zero-order valence-electron chi connectivity index (χ0n) is 10.3. The first kappa shape index (κ1) is 11.7. The van der Waals surface area contributed by atoms with Gasteiger partial charge < -0.3 is 0 Å². The number of hydrogen-bond acceptors (Lipinski definition) is 2. The molecule has 0 amide bonds. The Balaban J connectivity index is 2.08. The van der Waals surface area contributed by atoms with Crippen LogP contribution in [0, 0.1) is 11.8 Å². The Kier molecular flexibility index (Phi) is 2.67. The molecule has 3 rings (SSSR count). The van der Waals surface area contributed by atoms with Crippen molar-refractivity contribution in [3.05, 3.63) is 54.1 Å². The molecule has 0 aliphatic heterocycles. The lowest BCUT2D eigenvalue weighted by Gasteiger charge is -2.21. The fourth-order valence-electron chi connectivity index (χ4n) is 3.20. The van der Waals surface area contributed by atoms with Gasteiger partial charge in [0.05, 0.1) is 10.1 Å². The number of hydrogen-bond donors (Lipinski definition) is 0. The molecule has 1 aromatic carbocycles. The van der Waals surface area contributed by atoms with Gasteiger partial charge in [0.1, 0.15) is 0 Å². The third-order valence-electron chi connectivity index (χ3n) is 4.00. The molecule has 2 nitrogen and oxygen atoms in total. The summed E-state index contributed by atoms with van der Waals surface area (Å²) in [4.78, 5) is 0.440. The monoisotopic (exact) mass is 260 g/mol. The molecule has 1 fully saturated rings. The Morgan fingerprint density at radius 2 is 1.89 bits per heavy atom. The topological polar surface area (TPSA) is 34.1 Å². The predicted octanol–water partition coefficient (Wildman–Crippen LogP) is 2.98. The van der Waals surface area contributed by atoms with E-state index in [0.29, 0.717) is 10.8 Å². The van der Waals surface area contributed by atoms with Gasteiger partial charge in [-0.15, -0.1) is 0 Å². The summed E-state index contributed by atoms with van der Waals surface area (Å²) >= 11 is 0. The quantitative estimate of drug-likeness (QED) is 0.766. The van der Waals surface area contributed by atoms with Crippen molar-refractivity contribution in [2.75, 3.05) is 0 Å². The van der Waals surface area contributed by atoms with Crippen molar-refractivity contribution >= 4 is 9.84 Å². The van der Waals surface area contributed by atoms with Crippen molar-refractivity contribution in [2.24, 2.45) is 11.8 Å². The van der Waals surface area contributed by atoms with Gasteiger partial charge in [-0.2, -0.15) is 0 Å². The van der Waals surface area contributed by atoms with Gasteiger partial charge in [0.25, 0.3) is 0 Å². The van der Waals surface area contributed by atoms with Gasteiger partial charge in [0.15, 0.2) is 9.84 Å². The highest BCUT2D eigenvalue weighted by molar-refractivity contribution is 7.92. The first-order valence-corrected chi connectivity index (χ1v) is 7.82. The van der Waals surface area contributed by atoms with E-state index < -0.39 is 9.84 Å². The first-order chi connectivity index (χ1) is 8.64. The van der Waals surface area contributed by atoms with Gasteiger partial charge in [-0.3, -0.25) is 0 Å². The normalized spacial score (nSPS) is 32.3. The summed E-state index contributed by atoms with van der Waals surface area (Å²) in [5, 5.41) is -0.347. The molecule has 1 aromatic rings. The van der Waals surface area contributed by atoms with Crippen molar-refractivity contribution in [2.45, 2.75) is 23.5 Å². The average molecular weight is 260 g/mol. The Bertz CT molecular complexity index is 611. The Labute approximate surface area is 108 Å². The molecule has 0 N–H and O–H groups in total. The third-order valence-corrected chi connectivity index (χ3v) is 6.22. The summed E-state index contributed by atoms with van der Waals surface area (Å²) in [6.07, 6.45) is 7.16. The Morgan fingerprint density at radius 3 is 2.56 bits per heavy atom. The summed E-state index contributed by atoms with van der Waals surface area (Å²) in [6.45, 7) is 1.94. The molecule has 0 radical (unpaired) electrons. The Hall–Kier alpha value is -1.35. The fraction of sp³-hybridized carbons (Fsp3) is 0.333. The van der Waals surface area contributed by atoms with E-state index in [-0.39, 0.29) is 11.2 Å². The average Bonchev–Trinajstić information content (AvgIpc) is 2.99. The van der Waals surface area contributed by atoms with E-state index in [1.807, 2.05) is 19.1 Å². The van der Waals surface area contributed by atoms with Crippen molar-refractivity contribution < 1.29 is 8.42 Å². The molecule has 0 heterocycles. The lowest BCUT2D eigenvalue weighted by atomic mass is 10.0. The molecule has 1 saturated carbocycles. The van der Waals surface area contributed by atoms with E-state index in [4.69, 9.17) is 0 Å². The van der Waals surface area contributed by atoms with Crippen LogP contribution in [0.3, 0.4) is 0 Å². The molecule has 3 atom stereocenters. The minimum Gasteiger partial charge on any atom is -0.223 e. The van der Waals surface area contributed by atoms with E-state index in [1.54, 1.807) is 24.3 Å². The SMILES string of the molecule is C/C=C1\C2C=CC(C2)C1S(=O)(=O)c1ccccc1.